The van der Waals surface area contributed by atoms with Gasteiger partial charge in [0.15, 0.2) is 0 Å². The van der Waals surface area contributed by atoms with E-state index in [9.17, 15) is 5.11 Å². The Kier molecular flexibility index (Phi) is 5.74. The average molecular weight is 486 g/mol. The van der Waals surface area contributed by atoms with Gasteiger partial charge in [-0.1, -0.05) is 0 Å². The molecule has 1 aliphatic heterocycles. The van der Waals surface area contributed by atoms with Crippen LogP contribution in [0.15, 0.2) is 12.1 Å². The molecule has 1 saturated heterocycles. The molecular formula is C14H20I2N2O. The van der Waals surface area contributed by atoms with Gasteiger partial charge < -0.3 is 10.0 Å². The number of aromatic hydroxyl groups is 1. The molecule has 1 aromatic carbocycles. The minimum Gasteiger partial charge on any atom is -0.507 e. The Labute approximate surface area is 142 Å². The van der Waals surface area contributed by atoms with Gasteiger partial charge in [0.05, 0.1) is 3.57 Å². The molecule has 1 aromatic rings. The molecule has 19 heavy (non-hydrogen) atoms. The highest BCUT2D eigenvalue weighted by atomic mass is 127. The van der Waals surface area contributed by atoms with Gasteiger partial charge in [-0.2, -0.15) is 0 Å². The van der Waals surface area contributed by atoms with Crippen molar-refractivity contribution < 1.29 is 5.11 Å². The van der Waals surface area contributed by atoms with Crippen LogP contribution in [0.5, 0.6) is 5.75 Å². The zero-order valence-electron chi connectivity index (χ0n) is 11.4. The number of piperidine rings is 1. The predicted octanol–water partition coefficient (Wildman–Crippen LogP) is 3.13. The Hall–Kier alpha value is 0.400. The summed E-state index contributed by atoms with van der Waals surface area (Å²) in [4.78, 5) is 4.77. The van der Waals surface area contributed by atoms with E-state index in [1.165, 1.54) is 16.4 Å². The van der Waals surface area contributed by atoms with E-state index >= 15 is 0 Å². The molecule has 0 atom stereocenters. The molecular weight excluding hydrogens is 466 g/mol. The summed E-state index contributed by atoms with van der Waals surface area (Å²) in [6.07, 6.45) is 2.43. The third-order valence-electron chi connectivity index (χ3n) is 3.79. The second kappa shape index (κ2) is 6.91. The van der Waals surface area contributed by atoms with Crippen molar-refractivity contribution in [3.63, 3.8) is 0 Å². The smallest absolute Gasteiger partial charge is 0.133 e. The maximum atomic E-state index is 10.1. The fourth-order valence-corrected chi connectivity index (χ4v) is 4.54. The zero-order valence-corrected chi connectivity index (χ0v) is 15.7. The summed E-state index contributed by atoms with van der Waals surface area (Å²) in [5, 5.41) is 10.1. The van der Waals surface area contributed by atoms with Gasteiger partial charge in [0.1, 0.15) is 5.75 Å². The Bertz CT molecular complexity index is 443. The van der Waals surface area contributed by atoms with E-state index in [-0.39, 0.29) is 0 Å². The van der Waals surface area contributed by atoms with Crippen LogP contribution in [0, 0.1) is 7.14 Å². The Morgan fingerprint density at radius 2 is 1.89 bits per heavy atom. The van der Waals surface area contributed by atoms with Crippen LogP contribution in [0.3, 0.4) is 0 Å². The summed E-state index contributed by atoms with van der Waals surface area (Å²) >= 11 is 4.51. The predicted molar refractivity (Wildman–Crippen MR) is 95.5 cm³/mol. The van der Waals surface area contributed by atoms with Crippen LogP contribution < -0.4 is 0 Å². The summed E-state index contributed by atoms with van der Waals surface area (Å²) in [6.45, 7) is 3.09. The molecule has 0 aromatic heterocycles. The first-order chi connectivity index (χ1) is 8.97. The standard InChI is InChI=1S/C14H20I2N2O/c1-17(2)12-3-5-18(6-4-12)9-10-7-11(15)8-13(16)14(10)19/h7-8,12,19H,3-6,9H2,1-2H3. The van der Waals surface area contributed by atoms with Gasteiger partial charge in [0, 0.05) is 21.7 Å². The van der Waals surface area contributed by atoms with Crippen LogP contribution in [0.2, 0.25) is 0 Å². The number of benzene rings is 1. The summed E-state index contributed by atoms with van der Waals surface area (Å²) in [6, 6.07) is 4.81. The number of hydrogen-bond acceptors (Lipinski definition) is 3. The third-order valence-corrected chi connectivity index (χ3v) is 5.23. The average Bonchev–Trinajstić information content (AvgIpc) is 2.36. The SMILES string of the molecule is CN(C)C1CCN(Cc2cc(I)cc(I)c2O)CC1. The lowest BCUT2D eigenvalue weighted by molar-refractivity contribution is 0.139. The van der Waals surface area contributed by atoms with Gasteiger partial charge in [-0.15, -0.1) is 0 Å². The van der Waals surface area contributed by atoms with Crippen molar-refractivity contribution in [3.05, 3.63) is 24.8 Å². The number of phenolic OH excluding ortho intramolecular Hbond substituents is 1. The van der Waals surface area contributed by atoms with Crippen LogP contribution >= 0.6 is 45.2 Å². The fraction of sp³-hybridized carbons (Fsp3) is 0.571. The molecule has 5 heteroatoms. The highest BCUT2D eigenvalue weighted by Crippen LogP contribution is 2.28. The lowest BCUT2D eigenvalue weighted by Gasteiger charge is -2.35. The van der Waals surface area contributed by atoms with Crippen molar-refractivity contribution in [3.8, 4) is 5.75 Å². The molecule has 0 unspecified atom stereocenters. The quantitative estimate of drug-likeness (QED) is 0.666. The summed E-state index contributed by atoms with van der Waals surface area (Å²) in [5.74, 6) is 0.454. The van der Waals surface area contributed by atoms with Gasteiger partial charge in [-0.05, 0) is 97.3 Å². The lowest BCUT2D eigenvalue weighted by Crippen LogP contribution is -2.41. The summed E-state index contributed by atoms with van der Waals surface area (Å²) in [7, 11) is 4.32. The van der Waals surface area contributed by atoms with Crippen molar-refractivity contribution in [2.45, 2.75) is 25.4 Å². The third kappa shape index (κ3) is 4.18. The second-order valence-corrected chi connectivity index (χ2v) is 7.77. The van der Waals surface area contributed by atoms with Gasteiger partial charge in [0.2, 0.25) is 0 Å². The van der Waals surface area contributed by atoms with Crippen LogP contribution in [0.25, 0.3) is 0 Å². The molecule has 1 aliphatic rings. The molecule has 0 amide bonds. The summed E-state index contributed by atoms with van der Waals surface area (Å²) in [5.41, 5.74) is 1.06. The molecule has 0 radical (unpaired) electrons. The van der Waals surface area contributed by atoms with E-state index in [4.69, 9.17) is 0 Å². The topological polar surface area (TPSA) is 26.7 Å². The minimum atomic E-state index is 0.454. The first kappa shape index (κ1) is 15.8. The monoisotopic (exact) mass is 486 g/mol. The maximum absolute atomic E-state index is 10.1. The molecule has 1 heterocycles. The van der Waals surface area contributed by atoms with Crippen molar-refractivity contribution in [2.24, 2.45) is 0 Å². The Morgan fingerprint density at radius 1 is 1.26 bits per heavy atom. The van der Waals surface area contributed by atoms with Crippen molar-refractivity contribution in [2.75, 3.05) is 27.2 Å². The van der Waals surface area contributed by atoms with E-state index in [2.05, 4.69) is 75.1 Å². The molecule has 1 fully saturated rings. The molecule has 0 saturated carbocycles. The Morgan fingerprint density at radius 3 is 2.47 bits per heavy atom. The normalized spacial score (nSPS) is 18.2. The fourth-order valence-electron chi connectivity index (χ4n) is 2.57. The lowest BCUT2D eigenvalue weighted by atomic mass is 10.0. The van der Waals surface area contributed by atoms with Gasteiger partial charge in [0.25, 0.3) is 0 Å². The van der Waals surface area contributed by atoms with Crippen LogP contribution in [-0.4, -0.2) is 48.1 Å². The van der Waals surface area contributed by atoms with E-state index in [1.54, 1.807) is 0 Å². The molecule has 2 rings (SSSR count). The summed E-state index contributed by atoms with van der Waals surface area (Å²) < 4.78 is 2.14. The molecule has 0 spiro atoms. The van der Waals surface area contributed by atoms with Gasteiger partial charge >= 0.3 is 0 Å². The van der Waals surface area contributed by atoms with Crippen molar-refractivity contribution >= 4 is 45.2 Å². The number of hydrogen-bond donors (Lipinski definition) is 1. The first-order valence-electron chi connectivity index (χ1n) is 6.53. The van der Waals surface area contributed by atoms with E-state index < -0.39 is 0 Å². The number of halogens is 2. The second-order valence-electron chi connectivity index (χ2n) is 5.37. The number of likely N-dealkylation sites (tertiary alicyclic amines) is 1. The number of nitrogens with zero attached hydrogens (tertiary/aromatic N) is 2. The highest BCUT2D eigenvalue weighted by Gasteiger charge is 2.21. The van der Waals surface area contributed by atoms with E-state index in [1.807, 2.05) is 6.07 Å². The Balaban J connectivity index is 2.00. The molecule has 3 nitrogen and oxygen atoms in total. The minimum absolute atomic E-state index is 0.454. The highest BCUT2D eigenvalue weighted by molar-refractivity contribution is 14.1. The molecule has 106 valence electrons. The van der Waals surface area contributed by atoms with E-state index in [0.717, 1.165) is 28.8 Å². The van der Waals surface area contributed by atoms with Crippen LogP contribution in [0.1, 0.15) is 18.4 Å². The molecule has 0 bridgehead atoms. The van der Waals surface area contributed by atoms with Gasteiger partial charge in [-0.3, -0.25) is 4.90 Å². The first-order valence-corrected chi connectivity index (χ1v) is 8.69. The van der Waals surface area contributed by atoms with Crippen molar-refractivity contribution in [1.82, 2.24) is 9.80 Å². The number of rotatable bonds is 3. The van der Waals surface area contributed by atoms with Crippen molar-refractivity contribution in [1.29, 1.82) is 0 Å². The molecule has 1 N–H and O–H groups in total. The largest absolute Gasteiger partial charge is 0.507 e. The number of phenols is 1. The van der Waals surface area contributed by atoms with Crippen LogP contribution in [0.4, 0.5) is 0 Å². The molecule has 0 aliphatic carbocycles. The maximum Gasteiger partial charge on any atom is 0.133 e. The zero-order chi connectivity index (χ0) is 14.0. The van der Waals surface area contributed by atoms with Crippen LogP contribution in [-0.2, 0) is 6.54 Å². The van der Waals surface area contributed by atoms with Gasteiger partial charge in [-0.25, -0.2) is 0 Å². The van der Waals surface area contributed by atoms with E-state index in [0.29, 0.717) is 11.8 Å².